The molecule has 0 aliphatic heterocycles. The van der Waals surface area contributed by atoms with Gasteiger partial charge in [0, 0.05) is 10.3 Å². The Bertz CT molecular complexity index is 680. The fourth-order valence-electron chi connectivity index (χ4n) is 0.700. The van der Waals surface area contributed by atoms with E-state index in [0.29, 0.717) is 0 Å². The third-order valence-electron chi connectivity index (χ3n) is 1.20. The highest BCUT2D eigenvalue weighted by Crippen LogP contribution is 2.09. The molecule has 0 spiro atoms. The fraction of sp³-hybridized carbons (Fsp3) is 0.125. The first-order chi connectivity index (χ1) is 9.14. The zero-order valence-corrected chi connectivity index (χ0v) is 7.75. The molecule has 2 rings (SSSR count). The smallest absolute Gasteiger partial charge is 0.160 e. The van der Waals surface area contributed by atoms with Crippen LogP contribution in [0.1, 0.15) is 15.3 Å². The molecule has 0 bridgehead atoms. The molecule has 13 heavy (non-hydrogen) atoms. The van der Waals surface area contributed by atoms with Crippen molar-refractivity contribution in [3.8, 4) is 5.82 Å². The predicted octanol–water partition coefficient (Wildman–Crippen LogP) is 1.73. The van der Waals surface area contributed by atoms with E-state index in [1.54, 1.807) is 0 Å². The number of aryl methyl sites for hydroxylation is 1. The molecule has 2 aromatic rings. The number of hydrogen-bond acceptors (Lipinski definition) is 3. The molecule has 0 saturated heterocycles. The first-order valence-electron chi connectivity index (χ1n) is 6.70. The molecular formula is C8H7BrN4. The van der Waals surface area contributed by atoms with Crippen molar-refractivity contribution >= 4 is 15.9 Å². The molecule has 66 valence electrons. The van der Waals surface area contributed by atoms with Gasteiger partial charge in [-0.3, -0.25) is 4.57 Å². The standard InChI is InChI=1S/C8H7BrN4/c1-6-2-3-8(12-11-6)13-4-7(9)10-5-13/h2-5H,1H3/i1D3,2D,3D,4D,5D. The summed E-state index contributed by atoms with van der Waals surface area (Å²) in [4.78, 5) is 3.66. The van der Waals surface area contributed by atoms with Gasteiger partial charge in [-0.05, 0) is 34.9 Å². The molecule has 0 amide bonds. The van der Waals surface area contributed by atoms with Crippen LogP contribution in [-0.2, 0) is 0 Å². The Balaban J connectivity index is 2.69. The number of imidazole rings is 1. The maximum Gasteiger partial charge on any atom is 0.160 e. The van der Waals surface area contributed by atoms with Gasteiger partial charge in [-0.1, -0.05) is 0 Å². The summed E-state index contributed by atoms with van der Waals surface area (Å²) in [5.74, 6) is -0.281. The van der Waals surface area contributed by atoms with E-state index in [0.717, 1.165) is 4.57 Å². The van der Waals surface area contributed by atoms with Crippen LogP contribution in [-0.4, -0.2) is 19.7 Å². The minimum Gasteiger partial charge on any atom is -0.288 e. The van der Waals surface area contributed by atoms with Crippen molar-refractivity contribution in [2.45, 2.75) is 6.85 Å². The van der Waals surface area contributed by atoms with E-state index in [4.69, 9.17) is 9.60 Å². The third kappa shape index (κ3) is 1.75. The maximum atomic E-state index is 7.79. The second kappa shape index (κ2) is 3.26. The minimum atomic E-state index is -2.65. The number of aromatic nitrogens is 4. The van der Waals surface area contributed by atoms with Gasteiger partial charge in [-0.15, -0.1) is 5.10 Å². The molecule has 2 aromatic heterocycles. The molecule has 0 aromatic carbocycles. The van der Waals surface area contributed by atoms with E-state index in [9.17, 15) is 0 Å². The first-order valence-corrected chi connectivity index (χ1v) is 4.00. The summed E-state index contributed by atoms with van der Waals surface area (Å²) in [6.45, 7) is -2.65. The van der Waals surface area contributed by atoms with Crippen LogP contribution in [0.2, 0.25) is 0 Å². The third-order valence-corrected chi connectivity index (χ3v) is 1.56. The summed E-state index contributed by atoms with van der Waals surface area (Å²) < 4.78 is 53.3. The fourth-order valence-corrected chi connectivity index (χ4v) is 0.956. The summed E-state index contributed by atoms with van der Waals surface area (Å²) in [5.41, 5.74) is -0.594. The Hall–Kier alpha value is -1.23. The van der Waals surface area contributed by atoms with Gasteiger partial charge in [0.15, 0.2) is 5.82 Å². The van der Waals surface area contributed by atoms with Gasteiger partial charge >= 0.3 is 0 Å². The average Bonchev–Trinajstić information content (AvgIpc) is 2.56. The van der Waals surface area contributed by atoms with Gasteiger partial charge in [0.05, 0.1) is 9.81 Å². The van der Waals surface area contributed by atoms with Crippen LogP contribution in [0.5, 0.6) is 0 Å². The average molecular weight is 246 g/mol. The Kier molecular flexibility index (Phi) is 0.875. The molecule has 2 heterocycles. The molecule has 0 unspecified atom stereocenters. The minimum absolute atomic E-state index is 0.0788. The lowest BCUT2D eigenvalue weighted by Crippen LogP contribution is -1.96. The van der Waals surface area contributed by atoms with Crippen LogP contribution in [0.4, 0.5) is 0 Å². The monoisotopic (exact) mass is 245 g/mol. The van der Waals surface area contributed by atoms with Gasteiger partial charge in [0.1, 0.15) is 12.3 Å². The molecule has 0 fully saturated rings. The topological polar surface area (TPSA) is 43.6 Å². The second-order valence-corrected chi connectivity index (χ2v) is 2.82. The summed E-state index contributed by atoms with van der Waals surface area (Å²) >= 11 is 2.97. The van der Waals surface area contributed by atoms with Gasteiger partial charge in [0.2, 0.25) is 0 Å². The molecule has 0 N–H and O–H groups in total. The van der Waals surface area contributed by atoms with Crippen LogP contribution < -0.4 is 0 Å². The molecule has 4 nitrogen and oxygen atoms in total. The number of rotatable bonds is 1. The van der Waals surface area contributed by atoms with E-state index >= 15 is 0 Å². The van der Waals surface area contributed by atoms with Crippen LogP contribution in [0.25, 0.3) is 5.82 Å². The van der Waals surface area contributed by atoms with Crippen molar-refractivity contribution in [1.82, 2.24) is 19.7 Å². The summed E-state index contributed by atoms with van der Waals surface area (Å²) in [6, 6.07) is -1.14. The van der Waals surface area contributed by atoms with Crippen molar-refractivity contribution in [3.63, 3.8) is 0 Å². The lowest BCUT2D eigenvalue weighted by Gasteiger charge is -1.98. The molecule has 0 radical (unpaired) electrons. The summed E-state index contributed by atoms with van der Waals surface area (Å²) in [6.07, 6.45) is -0.607. The maximum absolute atomic E-state index is 7.79. The summed E-state index contributed by atoms with van der Waals surface area (Å²) in [5, 5.41) is 6.98. The molecule has 0 aliphatic carbocycles. The van der Waals surface area contributed by atoms with Crippen molar-refractivity contribution in [2.24, 2.45) is 0 Å². The van der Waals surface area contributed by atoms with Crippen molar-refractivity contribution in [3.05, 3.63) is 34.9 Å². The van der Waals surface area contributed by atoms with Crippen LogP contribution in [0.15, 0.2) is 29.2 Å². The zero-order valence-electron chi connectivity index (χ0n) is 13.2. The SMILES string of the molecule is [2H]c1c(-n2c([2H])nc(Br)c2[2H])nnc(C([2H])([2H])[2H])c1[2H]. The van der Waals surface area contributed by atoms with Crippen molar-refractivity contribution < 1.29 is 9.60 Å². The molecule has 0 saturated carbocycles. The molecular weight excluding hydrogens is 232 g/mol. The van der Waals surface area contributed by atoms with E-state index in [-0.39, 0.29) is 22.9 Å². The lowest BCUT2D eigenvalue weighted by molar-refractivity contribution is 0.891. The Labute approximate surface area is 93.6 Å². The number of nitrogens with zero attached hydrogens (tertiary/aromatic N) is 4. The van der Waals surface area contributed by atoms with Gasteiger partial charge in [-0.25, -0.2) is 4.98 Å². The lowest BCUT2D eigenvalue weighted by atomic mass is 10.4. The van der Waals surface area contributed by atoms with Gasteiger partial charge < -0.3 is 0 Å². The van der Waals surface area contributed by atoms with Crippen LogP contribution >= 0.6 is 15.9 Å². The summed E-state index contributed by atoms with van der Waals surface area (Å²) in [7, 11) is 0. The predicted molar refractivity (Wildman–Crippen MR) is 51.6 cm³/mol. The van der Waals surface area contributed by atoms with Crippen LogP contribution in [0, 0.1) is 6.85 Å². The van der Waals surface area contributed by atoms with E-state index in [1.807, 2.05) is 0 Å². The first kappa shape index (κ1) is 3.49. The Morgan fingerprint density at radius 2 is 2.46 bits per heavy atom. The molecule has 5 heteroatoms. The molecule has 0 atom stereocenters. The quantitative estimate of drug-likeness (QED) is 0.769. The highest BCUT2D eigenvalue weighted by Gasteiger charge is 1.99. The second-order valence-electron chi connectivity index (χ2n) is 2.07. The highest BCUT2D eigenvalue weighted by molar-refractivity contribution is 9.10. The van der Waals surface area contributed by atoms with Gasteiger partial charge in [-0.2, -0.15) is 5.10 Å². The highest BCUT2D eigenvalue weighted by atomic mass is 79.9. The Morgan fingerprint density at radius 3 is 3.15 bits per heavy atom. The van der Waals surface area contributed by atoms with Crippen LogP contribution in [0.3, 0.4) is 0 Å². The van der Waals surface area contributed by atoms with Crippen molar-refractivity contribution in [2.75, 3.05) is 0 Å². The Morgan fingerprint density at radius 1 is 1.54 bits per heavy atom. The van der Waals surface area contributed by atoms with E-state index < -0.39 is 24.6 Å². The normalized spacial score (nSPS) is 19.0. The number of halogens is 1. The van der Waals surface area contributed by atoms with Crippen molar-refractivity contribution in [1.29, 1.82) is 0 Å². The largest absolute Gasteiger partial charge is 0.288 e. The number of hydrogen-bond donors (Lipinski definition) is 0. The van der Waals surface area contributed by atoms with E-state index in [1.165, 1.54) is 0 Å². The van der Waals surface area contributed by atoms with Gasteiger partial charge in [0.25, 0.3) is 0 Å². The van der Waals surface area contributed by atoms with E-state index in [2.05, 4.69) is 31.1 Å². The zero-order chi connectivity index (χ0) is 15.2. The molecule has 0 aliphatic rings.